The summed E-state index contributed by atoms with van der Waals surface area (Å²) >= 11 is 0. The van der Waals surface area contributed by atoms with Gasteiger partial charge in [-0.05, 0) is 88.0 Å². The molecule has 1 nitrogen and oxygen atoms in total. The van der Waals surface area contributed by atoms with Crippen molar-refractivity contribution in [3.8, 4) is 11.1 Å². The highest BCUT2D eigenvalue weighted by Crippen LogP contribution is 2.57. The van der Waals surface area contributed by atoms with Crippen molar-refractivity contribution in [3.05, 3.63) is 198 Å². The molecule has 210 valence electrons. The lowest BCUT2D eigenvalue weighted by Gasteiger charge is -2.32. The second kappa shape index (κ2) is 10.7. The summed E-state index contributed by atoms with van der Waals surface area (Å²) in [5.41, 5.74) is 12.5. The van der Waals surface area contributed by atoms with Gasteiger partial charge in [0.05, 0.1) is 5.69 Å². The Bertz CT molecular complexity index is 2040. The number of hydrogen-bond donors (Lipinski definition) is 0. The monoisotopic (exact) mass is 563 g/mol. The third kappa shape index (κ3) is 4.24. The van der Waals surface area contributed by atoms with E-state index in [1.807, 2.05) is 0 Å². The van der Waals surface area contributed by atoms with Crippen molar-refractivity contribution in [2.45, 2.75) is 18.8 Å². The number of rotatable bonds is 6. The summed E-state index contributed by atoms with van der Waals surface area (Å²) in [7, 11) is 0. The first-order valence-electron chi connectivity index (χ1n) is 15.4. The van der Waals surface area contributed by atoms with E-state index < -0.39 is 0 Å². The predicted molar refractivity (Wildman–Crippen MR) is 185 cm³/mol. The van der Waals surface area contributed by atoms with Crippen molar-refractivity contribution in [3.63, 3.8) is 0 Å². The molecule has 1 atom stereocenters. The van der Waals surface area contributed by atoms with Gasteiger partial charge in [0.1, 0.15) is 0 Å². The summed E-state index contributed by atoms with van der Waals surface area (Å²) < 4.78 is 0. The molecule has 0 saturated carbocycles. The molecule has 1 unspecified atom stereocenters. The topological polar surface area (TPSA) is 3.24 Å². The van der Waals surface area contributed by atoms with E-state index in [0.717, 1.165) is 17.8 Å². The van der Waals surface area contributed by atoms with Gasteiger partial charge in [-0.25, -0.2) is 0 Å². The summed E-state index contributed by atoms with van der Waals surface area (Å²) in [5, 5.41) is 2.53. The summed E-state index contributed by atoms with van der Waals surface area (Å²) in [6, 6.07) is 61.9. The van der Waals surface area contributed by atoms with Crippen LogP contribution in [0.25, 0.3) is 21.9 Å². The summed E-state index contributed by atoms with van der Waals surface area (Å²) in [6.07, 6.45) is 0.914. The zero-order valence-electron chi connectivity index (χ0n) is 24.8. The maximum Gasteiger partial charge on any atom is 0.0543 e. The minimum absolute atomic E-state index is 0.323. The number of benzene rings is 7. The van der Waals surface area contributed by atoms with Crippen LogP contribution in [0.3, 0.4) is 0 Å². The molecule has 7 aromatic carbocycles. The van der Waals surface area contributed by atoms with Crippen molar-refractivity contribution in [1.29, 1.82) is 0 Å². The van der Waals surface area contributed by atoms with Gasteiger partial charge in [-0.15, -0.1) is 0 Å². The molecular formula is C43H33N. The second-order valence-corrected chi connectivity index (χ2v) is 11.9. The summed E-state index contributed by atoms with van der Waals surface area (Å²) in [6.45, 7) is 2.42. The fourth-order valence-electron chi connectivity index (χ4n) is 7.20. The zero-order valence-corrected chi connectivity index (χ0v) is 24.8. The first kappa shape index (κ1) is 26.2. The predicted octanol–water partition coefficient (Wildman–Crippen LogP) is 11.2. The highest BCUT2D eigenvalue weighted by molar-refractivity contribution is 6.10. The maximum atomic E-state index is 2.47. The first-order valence-corrected chi connectivity index (χ1v) is 15.4. The molecule has 0 aliphatic heterocycles. The largest absolute Gasteiger partial charge is 0.310 e. The van der Waals surface area contributed by atoms with E-state index in [9.17, 15) is 0 Å². The highest BCUT2D eigenvalue weighted by Gasteiger charge is 2.42. The Balaban J connectivity index is 1.42. The van der Waals surface area contributed by atoms with E-state index in [1.165, 1.54) is 55.4 Å². The van der Waals surface area contributed by atoms with Gasteiger partial charge in [-0.3, -0.25) is 0 Å². The van der Waals surface area contributed by atoms with Gasteiger partial charge in [-0.1, -0.05) is 140 Å². The van der Waals surface area contributed by atoms with Crippen molar-refractivity contribution < 1.29 is 0 Å². The Hall–Kier alpha value is -5.40. The van der Waals surface area contributed by atoms with Gasteiger partial charge < -0.3 is 4.90 Å². The molecule has 0 saturated heterocycles. The van der Waals surface area contributed by atoms with Gasteiger partial charge in [0, 0.05) is 22.2 Å². The molecule has 0 radical (unpaired) electrons. The molecule has 1 heteroatoms. The number of nitrogens with zero attached hydrogens (tertiary/aromatic N) is 1. The fourth-order valence-corrected chi connectivity index (χ4v) is 7.20. The lowest BCUT2D eigenvalue weighted by molar-refractivity contribution is 0.713. The number of fused-ring (bicyclic) bond motifs is 5. The molecule has 0 amide bonds. The van der Waals surface area contributed by atoms with E-state index in [2.05, 4.69) is 182 Å². The van der Waals surface area contributed by atoms with Crippen LogP contribution in [0.1, 0.15) is 34.7 Å². The van der Waals surface area contributed by atoms with Crippen LogP contribution in [0.2, 0.25) is 0 Å². The Morgan fingerprint density at radius 2 is 1.02 bits per heavy atom. The molecule has 0 aromatic heterocycles. The lowest BCUT2D eigenvalue weighted by Crippen LogP contribution is -2.23. The van der Waals surface area contributed by atoms with Crippen LogP contribution in [0.5, 0.6) is 0 Å². The average molecular weight is 564 g/mol. The third-order valence-electron chi connectivity index (χ3n) is 9.33. The molecule has 1 aliphatic carbocycles. The van der Waals surface area contributed by atoms with Crippen LogP contribution in [0, 0.1) is 0 Å². The van der Waals surface area contributed by atoms with E-state index in [1.54, 1.807) is 0 Å². The van der Waals surface area contributed by atoms with Crippen molar-refractivity contribution in [2.75, 3.05) is 4.90 Å². The van der Waals surface area contributed by atoms with Crippen molar-refractivity contribution in [1.82, 2.24) is 0 Å². The third-order valence-corrected chi connectivity index (χ3v) is 9.33. The molecule has 0 heterocycles. The Labute approximate surface area is 259 Å². The summed E-state index contributed by atoms with van der Waals surface area (Å²) in [5.74, 6) is 0. The smallest absolute Gasteiger partial charge is 0.0543 e. The number of para-hydroxylation sites is 2. The minimum atomic E-state index is -0.323. The minimum Gasteiger partial charge on any atom is -0.310 e. The SMILES string of the molecule is CC1(c2ccccc2)c2cc(Cc3ccccc3)ccc2-c2c1cc(N(c1ccccc1)c1ccccc1)c1ccccc21. The molecule has 8 rings (SSSR count). The standard InChI is InChI=1S/C43H33N/c1-43(33-18-8-3-9-19-33)39-29-32(28-31-16-6-2-7-17-31)26-27-38(39)42-37-25-15-14-24-36(37)41(30-40(42)43)44(34-20-10-4-11-21-34)35-22-12-5-13-23-35/h2-27,29-30H,28H2,1H3. The van der Waals surface area contributed by atoms with Gasteiger partial charge in [0.15, 0.2) is 0 Å². The average Bonchev–Trinajstić information content (AvgIpc) is 3.35. The molecule has 44 heavy (non-hydrogen) atoms. The molecule has 0 bridgehead atoms. The van der Waals surface area contributed by atoms with E-state index in [-0.39, 0.29) is 5.41 Å². The number of hydrogen-bond acceptors (Lipinski definition) is 1. The molecule has 7 aromatic rings. The molecule has 0 fully saturated rings. The van der Waals surface area contributed by atoms with E-state index in [4.69, 9.17) is 0 Å². The normalized spacial score (nSPS) is 15.1. The van der Waals surface area contributed by atoms with E-state index in [0.29, 0.717) is 0 Å². The highest BCUT2D eigenvalue weighted by atomic mass is 15.1. The fraction of sp³-hybridized carbons (Fsp3) is 0.0698. The quantitative estimate of drug-likeness (QED) is 0.194. The lowest BCUT2D eigenvalue weighted by atomic mass is 9.73. The van der Waals surface area contributed by atoms with Crippen LogP contribution < -0.4 is 4.90 Å². The summed E-state index contributed by atoms with van der Waals surface area (Å²) in [4.78, 5) is 2.41. The Morgan fingerprint density at radius 1 is 0.477 bits per heavy atom. The van der Waals surface area contributed by atoms with Crippen LogP contribution in [0.15, 0.2) is 170 Å². The van der Waals surface area contributed by atoms with Crippen molar-refractivity contribution in [2.24, 2.45) is 0 Å². The molecule has 1 aliphatic rings. The van der Waals surface area contributed by atoms with Gasteiger partial charge in [-0.2, -0.15) is 0 Å². The Kier molecular flexibility index (Phi) is 6.38. The molecule has 0 spiro atoms. The zero-order chi connectivity index (χ0) is 29.5. The van der Waals surface area contributed by atoms with Crippen LogP contribution in [-0.4, -0.2) is 0 Å². The van der Waals surface area contributed by atoms with Crippen molar-refractivity contribution >= 4 is 27.8 Å². The van der Waals surface area contributed by atoms with Gasteiger partial charge in [0.25, 0.3) is 0 Å². The van der Waals surface area contributed by atoms with Crippen LogP contribution in [0.4, 0.5) is 17.1 Å². The van der Waals surface area contributed by atoms with Crippen LogP contribution in [-0.2, 0) is 11.8 Å². The Morgan fingerprint density at radius 3 is 1.66 bits per heavy atom. The van der Waals surface area contributed by atoms with E-state index >= 15 is 0 Å². The maximum absolute atomic E-state index is 2.47. The van der Waals surface area contributed by atoms with Gasteiger partial charge in [0.2, 0.25) is 0 Å². The first-order chi connectivity index (χ1) is 21.7. The van der Waals surface area contributed by atoms with Gasteiger partial charge >= 0.3 is 0 Å². The molecular weight excluding hydrogens is 530 g/mol. The molecule has 0 N–H and O–H groups in total. The second-order valence-electron chi connectivity index (χ2n) is 11.9. The van der Waals surface area contributed by atoms with Crippen LogP contribution >= 0.6 is 0 Å². The number of anilines is 3.